The van der Waals surface area contributed by atoms with Gasteiger partial charge in [0.15, 0.2) is 9.84 Å². The van der Waals surface area contributed by atoms with E-state index < -0.39 is 9.84 Å². The molecule has 0 spiro atoms. The summed E-state index contributed by atoms with van der Waals surface area (Å²) in [7, 11) is -3.20. The van der Waals surface area contributed by atoms with Crippen molar-refractivity contribution in [1.29, 1.82) is 0 Å². The quantitative estimate of drug-likeness (QED) is 0.822. The average molecular weight is 214 g/mol. The van der Waals surface area contributed by atoms with Crippen molar-refractivity contribution < 1.29 is 13.5 Å². The normalized spacial score (nSPS) is 13.9. The molecule has 0 saturated heterocycles. The molecular formula is C10H14O3S. The standard InChI is InChI=1S/C10H14O3S/c1-8(7-11)9-5-3-4-6-10(9)14(2,12)13/h3-6,8,11H,7H2,1-2H3. The van der Waals surface area contributed by atoms with Gasteiger partial charge < -0.3 is 5.11 Å². The minimum atomic E-state index is -3.20. The Morgan fingerprint density at radius 1 is 1.36 bits per heavy atom. The third-order valence-corrected chi connectivity index (χ3v) is 3.29. The van der Waals surface area contributed by atoms with Crippen molar-refractivity contribution in [3.8, 4) is 0 Å². The highest BCUT2D eigenvalue weighted by Crippen LogP contribution is 2.23. The summed E-state index contributed by atoms with van der Waals surface area (Å²) in [4.78, 5) is 0.307. The molecule has 1 unspecified atom stereocenters. The van der Waals surface area contributed by atoms with Crippen LogP contribution in [0.15, 0.2) is 29.2 Å². The molecule has 78 valence electrons. The number of aliphatic hydroxyl groups excluding tert-OH is 1. The predicted molar refractivity (Wildman–Crippen MR) is 55.1 cm³/mol. The van der Waals surface area contributed by atoms with E-state index in [1.807, 2.05) is 0 Å². The van der Waals surface area contributed by atoms with Gasteiger partial charge in [0, 0.05) is 18.8 Å². The van der Waals surface area contributed by atoms with Crippen molar-refractivity contribution in [2.24, 2.45) is 0 Å². The number of aliphatic hydroxyl groups is 1. The van der Waals surface area contributed by atoms with Crippen LogP contribution in [0.1, 0.15) is 18.4 Å². The van der Waals surface area contributed by atoms with Crippen molar-refractivity contribution in [2.45, 2.75) is 17.7 Å². The highest BCUT2D eigenvalue weighted by molar-refractivity contribution is 7.90. The molecular weight excluding hydrogens is 200 g/mol. The van der Waals surface area contributed by atoms with E-state index in [9.17, 15) is 8.42 Å². The van der Waals surface area contributed by atoms with E-state index in [-0.39, 0.29) is 12.5 Å². The third kappa shape index (κ3) is 2.33. The first-order valence-corrected chi connectivity index (χ1v) is 6.25. The summed E-state index contributed by atoms with van der Waals surface area (Å²) in [5, 5.41) is 8.98. The van der Waals surface area contributed by atoms with Gasteiger partial charge in [-0.2, -0.15) is 0 Å². The SMILES string of the molecule is CC(CO)c1ccccc1S(C)(=O)=O. The second-order valence-corrected chi connectivity index (χ2v) is 5.38. The fourth-order valence-corrected chi connectivity index (χ4v) is 2.35. The largest absolute Gasteiger partial charge is 0.396 e. The van der Waals surface area contributed by atoms with Crippen LogP contribution in [-0.2, 0) is 9.84 Å². The first-order valence-electron chi connectivity index (χ1n) is 4.36. The molecule has 0 fully saturated rings. The summed E-state index contributed by atoms with van der Waals surface area (Å²) in [6.07, 6.45) is 1.18. The van der Waals surface area contributed by atoms with Crippen LogP contribution in [0.5, 0.6) is 0 Å². The first-order chi connectivity index (χ1) is 6.46. The van der Waals surface area contributed by atoms with Crippen molar-refractivity contribution in [1.82, 2.24) is 0 Å². The Balaban J connectivity index is 3.30. The van der Waals surface area contributed by atoms with Crippen LogP contribution in [0.3, 0.4) is 0 Å². The zero-order valence-electron chi connectivity index (χ0n) is 8.27. The average Bonchev–Trinajstić information content (AvgIpc) is 2.15. The molecule has 3 nitrogen and oxygen atoms in total. The van der Waals surface area contributed by atoms with Crippen molar-refractivity contribution >= 4 is 9.84 Å². The van der Waals surface area contributed by atoms with E-state index in [0.29, 0.717) is 10.5 Å². The second-order valence-electron chi connectivity index (χ2n) is 3.39. The van der Waals surface area contributed by atoms with E-state index >= 15 is 0 Å². The van der Waals surface area contributed by atoms with Gasteiger partial charge in [0.2, 0.25) is 0 Å². The van der Waals surface area contributed by atoms with E-state index in [0.717, 1.165) is 0 Å². The predicted octanol–water partition coefficient (Wildman–Crippen LogP) is 1.19. The number of hydrogen-bond donors (Lipinski definition) is 1. The van der Waals surface area contributed by atoms with Gasteiger partial charge in [0.05, 0.1) is 4.90 Å². The molecule has 0 aromatic heterocycles. The van der Waals surface area contributed by atoms with Gasteiger partial charge in [-0.25, -0.2) is 8.42 Å². The molecule has 0 heterocycles. The van der Waals surface area contributed by atoms with Gasteiger partial charge in [-0.3, -0.25) is 0 Å². The smallest absolute Gasteiger partial charge is 0.175 e. The van der Waals surface area contributed by atoms with Crippen LogP contribution < -0.4 is 0 Å². The van der Waals surface area contributed by atoms with Crippen LogP contribution >= 0.6 is 0 Å². The van der Waals surface area contributed by atoms with Crippen molar-refractivity contribution in [3.05, 3.63) is 29.8 Å². The highest BCUT2D eigenvalue weighted by Gasteiger charge is 2.16. The maximum atomic E-state index is 11.4. The lowest BCUT2D eigenvalue weighted by molar-refractivity contribution is 0.272. The van der Waals surface area contributed by atoms with Gasteiger partial charge in [0.25, 0.3) is 0 Å². The summed E-state index contributed by atoms with van der Waals surface area (Å²) in [5.74, 6) is -0.152. The molecule has 0 aliphatic heterocycles. The first kappa shape index (κ1) is 11.2. The minimum Gasteiger partial charge on any atom is -0.396 e. The number of benzene rings is 1. The van der Waals surface area contributed by atoms with Crippen molar-refractivity contribution in [3.63, 3.8) is 0 Å². The summed E-state index contributed by atoms with van der Waals surface area (Å²) in [6, 6.07) is 6.76. The zero-order chi connectivity index (χ0) is 10.8. The van der Waals surface area contributed by atoms with Crippen LogP contribution in [0, 0.1) is 0 Å². The van der Waals surface area contributed by atoms with Crippen LogP contribution in [-0.4, -0.2) is 26.4 Å². The lowest BCUT2D eigenvalue weighted by Gasteiger charge is -2.12. The molecule has 0 saturated carbocycles. The Labute approximate surface area is 84.3 Å². The van der Waals surface area contributed by atoms with Gasteiger partial charge in [-0.1, -0.05) is 25.1 Å². The molecule has 0 radical (unpaired) electrons. The molecule has 14 heavy (non-hydrogen) atoms. The Hall–Kier alpha value is -0.870. The fraction of sp³-hybridized carbons (Fsp3) is 0.400. The highest BCUT2D eigenvalue weighted by atomic mass is 32.2. The number of hydrogen-bond acceptors (Lipinski definition) is 3. The lowest BCUT2D eigenvalue weighted by Crippen LogP contribution is -2.07. The Kier molecular flexibility index (Phi) is 3.29. The molecule has 1 N–H and O–H groups in total. The molecule has 1 rings (SSSR count). The number of rotatable bonds is 3. The van der Waals surface area contributed by atoms with Gasteiger partial charge >= 0.3 is 0 Å². The summed E-state index contributed by atoms with van der Waals surface area (Å²) in [6.45, 7) is 1.75. The van der Waals surface area contributed by atoms with Gasteiger partial charge in [-0.05, 0) is 11.6 Å². The number of sulfone groups is 1. The second kappa shape index (κ2) is 4.11. The maximum Gasteiger partial charge on any atom is 0.175 e. The van der Waals surface area contributed by atoms with E-state index in [4.69, 9.17) is 5.11 Å². The third-order valence-electron chi connectivity index (χ3n) is 2.12. The molecule has 0 amide bonds. The van der Waals surface area contributed by atoms with Crippen LogP contribution in [0.2, 0.25) is 0 Å². The maximum absolute atomic E-state index is 11.4. The Morgan fingerprint density at radius 2 is 1.93 bits per heavy atom. The van der Waals surface area contributed by atoms with Crippen LogP contribution in [0.4, 0.5) is 0 Å². The van der Waals surface area contributed by atoms with Crippen molar-refractivity contribution in [2.75, 3.05) is 12.9 Å². The molecule has 4 heteroatoms. The summed E-state index contributed by atoms with van der Waals surface area (Å²) < 4.78 is 22.8. The summed E-state index contributed by atoms with van der Waals surface area (Å²) in [5.41, 5.74) is 0.678. The van der Waals surface area contributed by atoms with Gasteiger partial charge in [-0.15, -0.1) is 0 Å². The molecule has 1 atom stereocenters. The van der Waals surface area contributed by atoms with Crippen LogP contribution in [0.25, 0.3) is 0 Å². The Morgan fingerprint density at radius 3 is 2.43 bits per heavy atom. The van der Waals surface area contributed by atoms with E-state index in [1.54, 1.807) is 31.2 Å². The van der Waals surface area contributed by atoms with E-state index in [2.05, 4.69) is 0 Å². The fourth-order valence-electron chi connectivity index (χ4n) is 1.32. The Bertz CT molecular complexity index is 409. The molecule has 0 bridgehead atoms. The lowest BCUT2D eigenvalue weighted by atomic mass is 10.0. The van der Waals surface area contributed by atoms with E-state index in [1.165, 1.54) is 6.26 Å². The summed E-state index contributed by atoms with van der Waals surface area (Å²) >= 11 is 0. The topological polar surface area (TPSA) is 54.4 Å². The molecule has 0 aliphatic carbocycles. The molecule has 1 aromatic rings. The molecule has 1 aromatic carbocycles. The monoisotopic (exact) mass is 214 g/mol. The minimum absolute atomic E-state index is 0.0491. The van der Waals surface area contributed by atoms with Gasteiger partial charge in [0.1, 0.15) is 0 Å². The molecule has 0 aliphatic rings. The zero-order valence-corrected chi connectivity index (χ0v) is 9.08.